The third-order valence-electron chi connectivity index (χ3n) is 2.40. The quantitative estimate of drug-likeness (QED) is 0.590. The van der Waals surface area contributed by atoms with Gasteiger partial charge in [0.25, 0.3) is 0 Å². The highest BCUT2D eigenvalue weighted by atomic mass is 32.2. The maximum Gasteiger partial charge on any atom is 0.0116 e. The Morgan fingerprint density at radius 2 is 2.22 bits per heavy atom. The van der Waals surface area contributed by atoms with Crippen LogP contribution >= 0.6 is 11.8 Å². The molecular weight excluding hydrogens is 130 g/mol. The summed E-state index contributed by atoms with van der Waals surface area (Å²) in [5.74, 6) is 3.84. The largest absolute Gasteiger partial charge is 0.314 e. The first-order valence-corrected chi connectivity index (χ1v) is 4.93. The van der Waals surface area contributed by atoms with Crippen molar-refractivity contribution in [3.8, 4) is 0 Å². The van der Waals surface area contributed by atoms with E-state index in [1.165, 1.54) is 30.9 Å². The van der Waals surface area contributed by atoms with Crippen molar-refractivity contribution in [2.24, 2.45) is 5.92 Å². The molecule has 1 N–H and O–H groups in total. The van der Waals surface area contributed by atoms with Crippen molar-refractivity contribution in [1.82, 2.24) is 5.32 Å². The topological polar surface area (TPSA) is 12.0 Å². The zero-order valence-corrected chi connectivity index (χ0v) is 6.41. The normalized spacial score (nSPS) is 42.7. The standard InChI is InChI=1S/C7H13NS/c1-3-8-7(1)6-2-4-9-5-6/h6-8H,1-5H2. The molecule has 0 radical (unpaired) electrons. The van der Waals surface area contributed by atoms with Crippen LogP contribution in [0.15, 0.2) is 0 Å². The number of hydrogen-bond donors (Lipinski definition) is 1. The molecule has 2 fully saturated rings. The molecule has 0 amide bonds. The summed E-state index contributed by atoms with van der Waals surface area (Å²) < 4.78 is 0. The van der Waals surface area contributed by atoms with E-state index in [-0.39, 0.29) is 0 Å². The molecule has 2 atom stereocenters. The lowest BCUT2D eigenvalue weighted by molar-refractivity contribution is 0.280. The number of thioether (sulfide) groups is 1. The number of nitrogens with one attached hydrogen (secondary N) is 1. The monoisotopic (exact) mass is 143 g/mol. The fourth-order valence-corrected chi connectivity index (χ4v) is 2.92. The summed E-state index contributed by atoms with van der Waals surface area (Å²) in [4.78, 5) is 0. The highest BCUT2D eigenvalue weighted by Crippen LogP contribution is 2.29. The molecule has 52 valence electrons. The molecule has 2 heteroatoms. The van der Waals surface area contributed by atoms with Crippen molar-refractivity contribution in [3.63, 3.8) is 0 Å². The summed E-state index contributed by atoms with van der Waals surface area (Å²) in [5.41, 5.74) is 0. The first-order chi connectivity index (χ1) is 4.47. The van der Waals surface area contributed by atoms with Crippen LogP contribution in [-0.2, 0) is 0 Å². The van der Waals surface area contributed by atoms with Gasteiger partial charge in [0, 0.05) is 6.04 Å². The molecule has 0 bridgehead atoms. The maximum atomic E-state index is 3.47. The van der Waals surface area contributed by atoms with Gasteiger partial charge in [-0.25, -0.2) is 0 Å². The van der Waals surface area contributed by atoms with Gasteiger partial charge in [-0.2, -0.15) is 11.8 Å². The van der Waals surface area contributed by atoms with Crippen molar-refractivity contribution in [2.75, 3.05) is 18.1 Å². The summed E-state index contributed by atoms with van der Waals surface area (Å²) in [6, 6.07) is 0.903. The molecule has 0 aliphatic carbocycles. The lowest BCUT2D eigenvalue weighted by Gasteiger charge is -2.32. The molecular formula is C7H13NS. The van der Waals surface area contributed by atoms with Crippen LogP contribution in [0.5, 0.6) is 0 Å². The Balaban J connectivity index is 1.82. The molecule has 0 aromatic heterocycles. The molecule has 0 aromatic carbocycles. The van der Waals surface area contributed by atoms with Crippen LogP contribution in [0.1, 0.15) is 12.8 Å². The number of hydrogen-bond acceptors (Lipinski definition) is 2. The summed E-state index contributed by atoms with van der Waals surface area (Å²) in [6.07, 6.45) is 2.90. The van der Waals surface area contributed by atoms with Gasteiger partial charge in [0.05, 0.1) is 0 Å². The van der Waals surface area contributed by atoms with Crippen LogP contribution in [-0.4, -0.2) is 24.1 Å². The molecule has 2 saturated heterocycles. The SMILES string of the molecule is C1CC(C2CCSC2)N1. The van der Waals surface area contributed by atoms with Gasteiger partial charge in [-0.05, 0) is 36.8 Å². The van der Waals surface area contributed by atoms with Gasteiger partial charge in [-0.1, -0.05) is 0 Å². The van der Waals surface area contributed by atoms with E-state index in [1.807, 2.05) is 0 Å². The second kappa shape index (κ2) is 2.51. The van der Waals surface area contributed by atoms with E-state index in [4.69, 9.17) is 0 Å². The van der Waals surface area contributed by atoms with E-state index >= 15 is 0 Å². The van der Waals surface area contributed by atoms with Crippen LogP contribution in [0.4, 0.5) is 0 Å². The van der Waals surface area contributed by atoms with Crippen LogP contribution in [0.3, 0.4) is 0 Å². The summed E-state index contributed by atoms with van der Waals surface area (Å²) >= 11 is 2.12. The van der Waals surface area contributed by atoms with Crippen LogP contribution < -0.4 is 5.32 Å². The highest BCUT2D eigenvalue weighted by molar-refractivity contribution is 7.99. The Labute approximate surface area is 60.6 Å². The molecule has 9 heavy (non-hydrogen) atoms. The minimum Gasteiger partial charge on any atom is -0.314 e. The molecule has 2 aliphatic heterocycles. The molecule has 2 aliphatic rings. The Morgan fingerprint density at radius 1 is 1.33 bits per heavy atom. The molecule has 2 rings (SSSR count). The fraction of sp³-hybridized carbons (Fsp3) is 1.00. The van der Waals surface area contributed by atoms with E-state index in [1.54, 1.807) is 0 Å². The minimum absolute atomic E-state index is 0.903. The third-order valence-corrected chi connectivity index (χ3v) is 3.58. The van der Waals surface area contributed by atoms with Gasteiger partial charge in [0.1, 0.15) is 0 Å². The van der Waals surface area contributed by atoms with Crippen LogP contribution in [0, 0.1) is 5.92 Å². The van der Waals surface area contributed by atoms with Crippen molar-refractivity contribution in [2.45, 2.75) is 18.9 Å². The Kier molecular flexibility index (Phi) is 1.68. The molecule has 0 spiro atoms. The first-order valence-electron chi connectivity index (χ1n) is 3.78. The van der Waals surface area contributed by atoms with Gasteiger partial charge >= 0.3 is 0 Å². The average Bonchev–Trinajstić information content (AvgIpc) is 2.11. The second-order valence-corrected chi connectivity index (χ2v) is 4.12. The van der Waals surface area contributed by atoms with Crippen molar-refractivity contribution in [3.05, 3.63) is 0 Å². The molecule has 1 nitrogen and oxygen atoms in total. The van der Waals surface area contributed by atoms with Gasteiger partial charge < -0.3 is 5.32 Å². The average molecular weight is 143 g/mol. The van der Waals surface area contributed by atoms with E-state index in [0.29, 0.717) is 0 Å². The van der Waals surface area contributed by atoms with Crippen LogP contribution in [0.25, 0.3) is 0 Å². The van der Waals surface area contributed by atoms with E-state index in [2.05, 4.69) is 17.1 Å². The zero-order valence-electron chi connectivity index (χ0n) is 5.60. The fourth-order valence-electron chi connectivity index (χ4n) is 1.58. The van der Waals surface area contributed by atoms with Crippen molar-refractivity contribution < 1.29 is 0 Å². The van der Waals surface area contributed by atoms with Crippen molar-refractivity contribution >= 4 is 11.8 Å². The second-order valence-electron chi connectivity index (χ2n) is 2.97. The molecule has 2 unspecified atom stereocenters. The molecule has 0 saturated carbocycles. The van der Waals surface area contributed by atoms with Crippen LogP contribution in [0.2, 0.25) is 0 Å². The predicted molar refractivity (Wildman–Crippen MR) is 41.8 cm³/mol. The van der Waals surface area contributed by atoms with Gasteiger partial charge in [0.2, 0.25) is 0 Å². The Hall–Kier alpha value is 0.310. The van der Waals surface area contributed by atoms with Crippen molar-refractivity contribution in [1.29, 1.82) is 0 Å². The first kappa shape index (κ1) is 6.05. The van der Waals surface area contributed by atoms with Gasteiger partial charge in [0.15, 0.2) is 0 Å². The van der Waals surface area contributed by atoms with E-state index in [0.717, 1.165) is 12.0 Å². The zero-order chi connectivity index (χ0) is 6.10. The lowest BCUT2D eigenvalue weighted by atomic mass is 9.91. The molecule has 2 heterocycles. The van der Waals surface area contributed by atoms with Gasteiger partial charge in [-0.15, -0.1) is 0 Å². The smallest absolute Gasteiger partial charge is 0.0116 e. The lowest BCUT2D eigenvalue weighted by Crippen LogP contribution is -2.47. The maximum absolute atomic E-state index is 3.47. The minimum atomic E-state index is 0.903. The van der Waals surface area contributed by atoms with E-state index in [9.17, 15) is 0 Å². The summed E-state index contributed by atoms with van der Waals surface area (Å²) in [6.45, 7) is 1.27. The highest BCUT2D eigenvalue weighted by Gasteiger charge is 2.28. The Bertz CT molecular complexity index is 95.1. The molecule has 0 aromatic rings. The van der Waals surface area contributed by atoms with E-state index < -0.39 is 0 Å². The summed E-state index contributed by atoms with van der Waals surface area (Å²) in [5, 5.41) is 3.47. The predicted octanol–water partition coefficient (Wildman–Crippen LogP) is 1.10. The van der Waals surface area contributed by atoms with Gasteiger partial charge in [-0.3, -0.25) is 0 Å². The Morgan fingerprint density at radius 3 is 2.67 bits per heavy atom. The number of rotatable bonds is 1. The third kappa shape index (κ3) is 1.10. The summed E-state index contributed by atoms with van der Waals surface area (Å²) in [7, 11) is 0.